The van der Waals surface area contributed by atoms with Crippen LogP contribution < -0.4 is 5.32 Å². The molecule has 132 valence electrons. The van der Waals surface area contributed by atoms with Crippen molar-refractivity contribution in [2.45, 2.75) is 30.9 Å². The van der Waals surface area contributed by atoms with Crippen LogP contribution >= 0.6 is 23.1 Å². The van der Waals surface area contributed by atoms with Crippen molar-refractivity contribution in [2.75, 3.05) is 5.32 Å². The summed E-state index contributed by atoms with van der Waals surface area (Å²) in [5.74, 6) is 1.81. The van der Waals surface area contributed by atoms with E-state index in [4.69, 9.17) is 9.68 Å². The predicted molar refractivity (Wildman–Crippen MR) is 101 cm³/mol. The smallest absolute Gasteiger partial charge is 0.261 e. The average molecular weight is 384 g/mol. The Morgan fingerprint density at radius 3 is 2.58 bits per heavy atom. The van der Waals surface area contributed by atoms with E-state index in [1.54, 1.807) is 19.1 Å². The third-order valence-corrected chi connectivity index (χ3v) is 5.90. The zero-order valence-corrected chi connectivity index (χ0v) is 16.1. The second kappa shape index (κ2) is 7.72. The normalized spacial score (nSPS) is 10.5. The molecule has 1 aromatic carbocycles. The van der Waals surface area contributed by atoms with Gasteiger partial charge in [0.1, 0.15) is 11.5 Å². The van der Waals surface area contributed by atoms with Gasteiger partial charge in [-0.1, -0.05) is 35.2 Å². The van der Waals surface area contributed by atoms with E-state index >= 15 is 0 Å². The third kappa shape index (κ3) is 3.95. The molecule has 0 unspecified atom stereocenters. The number of aryl methyl sites for hydroxylation is 2. The van der Waals surface area contributed by atoms with Crippen molar-refractivity contribution in [3.8, 4) is 6.07 Å². The molecule has 0 fully saturated rings. The number of nitrogens with zero attached hydrogens (tertiary/aromatic N) is 3. The Bertz CT molecular complexity index is 984. The van der Waals surface area contributed by atoms with Crippen molar-refractivity contribution in [2.24, 2.45) is 0 Å². The highest BCUT2D eigenvalue weighted by molar-refractivity contribution is 8.00. The topological polar surface area (TPSA) is 91.8 Å². The first kappa shape index (κ1) is 18.2. The van der Waals surface area contributed by atoms with E-state index < -0.39 is 0 Å². The number of nitrogens with one attached hydrogen (secondary N) is 1. The predicted octanol–water partition coefficient (Wildman–Crippen LogP) is 4.47. The van der Waals surface area contributed by atoms with Crippen molar-refractivity contribution in [1.29, 1.82) is 5.26 Å². The number of amides is 1. The number of hydrogen-bond acceptors (Lipinski definition) is 7. The highest BCUT2D eigenvalue weighted by Crippen LogP contribution is 2.29. The first-order valence-corrected chi connectivity index (χ1v) is 9.61. The highest BCUT2D eigenvalue weighted by atomic mass is 32.2. The summed E-state index contributed by atoms with van der Waals surface area (Å²) in [6.45, 7) is 5.47. The first-order valence-electron chi connectivity index (χ1n) is 7.81. The van der Waals surface area contributed by atoms with Crippen LogP contribution in [0.2, 0.25) is 0 Å². The number of hydrogen-bond donors (Lipinski definition) is 1. The second-order valence-corrected chi connectivity index (χ2v) is 7.84. The molecule has 8 heteroatoms. The Morgan fingerprint density at radius 2 is 1.96 bits per heavy atom. The number of aromatic nitrogens is 2. The quantitative estimate of drug-likeness (QED) is 0.515. The monoisotopic (exact) mass is 384 g/mol. The molecule has 0 spiro atoms. The summed E-state index contributed by atoms with van der Waals surface area (Å²) in [6, 6.07) is 9.52. The standard InChI is InChI=1S/C18H16N4O2S2/c1-10-11(2)24-12(3)15(10)16(23)20-17-21-22-18(26-17)25-9-14-6-4-13(8-19)5-7-14/h4-7H,9H2,1-3H3,(H,20,21,23). The minimum absolute atomic E-state index is 0.239. The van der Waals surface area contributed by atoms with Gasteiger partial charge in [-0.25, -0.2) is 0 Å². The van der Waals surface area contributed by atoms with Crippen LogP contribution in [0.3, 0.4) is 0 Å². The van der Waals surface area contributed by atoms with Crippen LogP contribution in [0, 0.1) is 32.1 Å². The molecular formula is C18H16N4O2S2. The summed E-state index contributed by atoms with van der Waals surface area (Å²) in [7, 11) is 0. The molecule has 26 heavy (non-hydrogen) atoms. The van der Waals surface area contributed by atoms with Gasteiger partial charge >= 0.3 is 0 Å². The Labute approximate surface area is 159 Å². The number of rotatable bonds is 5. The molecule has 1 amide bonds. The summed E-state index contributed by atoms with van der Waals surface area (Å²) in [5, 5.41) is 20.2. The van der Waals surface area contributed by atoms with E-state index in [-0.39, 0.29) is 5.91 Å². The number of nitriles is 1. The molecule has 1 N–H and O–H groups in total. The maximum absolute atomic E-state index is 12.5. The lowest BCUT2D eigenvalue weighted by Gasteiger charge is -2.00. The lowest BCUT2D eigenvalue weighted by Crippen LogP contribution is -2.13. The van der Waals surface area contributed by atoms with Crippen molar-refractivity contribution in [3.05, 3.63) is 58.0 Å². The summed E-state index contributed by atoms with van der Waals surface area (Å²) in [5.41, 5.74) is 3.11. The molecular weight excluding hydrogens is 368 g/mol. The van der Waals surface area contributed by atoms with Crippen molar-refractivity contribution >= 4 is 34.1 Å². The summed E-state index contributed by atoms with van der Waals surface area (Å²) in [6.07, 6.45) is 0. The minimum atomic E-state index is -0.239. The zero-order valence-electron chi connectivity index (χ0n) is 14.5. The van der Waals surface area contributed by atoms with E-state index in [1.165, 1.54) is 23.1 Å². The fourth-order valence-electron chi connectivity index (χ4n) is 2.43. The summed E-state index contributed by atoms with van der Waals surface area (Å²) in [4.78, 5) is 12.5. The molecule has 2 aromatic heterocycles. The van der Waals surface area contributed by atoms with Gasteiger partial charge in [0.2, 0.25) is 5.13 Å². The van der Waals surface area contributed by atoms with Gasteiger partial charge < -0.3 is 4.42 Å². The minimum Gasteiger partial charge on any atom is -0.466 e. The number of benzene rings is 1. The van der Waals surface area contributed by atoms with E-state index in [9.17, 15) is 4.79 Å². The lowest BCUT2D eigenvalue weighted by molar-refractivity contribution is 0.102. The molecule has 2 heterocycles. The Kier molecular flexibility index (Phi) is 5.40. The highest BCUT2D eigenvalue weighted by Gasteiger charge is 2.20. The first-order chi connectivity index (χ1) is 12.5. The van der Waals surface area contributed by atoms with Crippen LogP contribution in [0.15, 0.2) is 33.0 Å². The van der Waals surface area contributed by atoms with E-state index in [2.05, 4.69) is 21.6 Å². The van der Waals surface area contributed by atoms with Crippen molar-refractivity contribution < 1.29 is 9.21 Å². The van der Waals surface area contributed by atoms with Gasteiger partial charge in [-0.05, 0) is 38.5 Å². The SMILES string of the molecule is Cc1oc(C)c(C(=O)Nc2nnc(SCc3ccc(C#N)cc3)s2)c1C. The van der Waals surface area contributed by atoms with Gasteiger partial charge in [0.05, 0.1) is 17.2 Å². The van der Waals surface area contributed by atoms with Gasteiger partial charge in [0.25, 0.3) is 5.91 Å². The molecule has 0 radical (unpaired) electrons. The van der Waals surface area contributed by atoms with Crippen LogP contribution in [-0.4, -0.2) is 16.1 Å². The molecule has 0 aliphatic carbocycles. The van der Waals surface area contributed by atoms with E-state index in [0.717, 1.165) is 21.2 Å². The molecule has 3 rings (SSSR count). The zero-order chi connectivity index (χ0) is 18.7. The number of anilines is 1. The van der Waals surface area contributed by atoms with Crippen LogP contribution in [0.4, 0.5) is 5.13 Å². The Hall–Kier alpha value is -2.63. The number of furan rings is 1. The fraction of sp³-hybridized carbons (Fsp3) is 0.222. The van der Waals surface area contributed by atoms with Gasteiger partial charge in [-0.3, -0.25) is 10.1 Å². The molecule has 0 atom stereocenters. The van der Waals surface area contributed by atoms with Crippen molar-refractivity contribution in [1.82, 2.24) is 10.2 Å². The molecule has 0 aliphatic rings. The molecule has 0 aliphatic heterocycles. The molecule has 0 saturated heterocycles. The van der Waals surface area contributed by atoms with Crippen LogP contribution in [0.1, 0.15) is 38.6 Å². The number of carbonyl (C=O) groups excluding carboxylic acids is 1. The number of thioether (sulfide) groups is 1. The maximum atomic E-state index is 12.5. The molecule has 3 aromatic rings. The summed E-state index contributed by atoms with van der Waals surface area (Å²) >= 11 is 2.86. The van der Waals surface area contributed by atoms with E-state index in [0.29, 0.717) is 27.8 Å². The Morgan fingerprint density at radius 1 is 1.23 bits per heavy atom. The second-order valence-electron chi connectivity index (χ2n) is 5.64. The molecule has 6 nitrogen and oxygen atoms in total. The Balaban J connectivity index is 1.62. The molecule has 0 saturated carbocycles. The maximum Gasteiger partial charge on any atom is 0.261 e. The van der Waals surface area contributed by atoms with E-state index in [1.807, 2.05) is 26.0 Å². The molecule has 0 bridgehead atoms. The van der Waals surface area contributed by atoms with Crippen molar-refractivity contribution in [3.63, 3.8) is 0 Å². The van der Waals surface area contributed by atoms with Gasteiger partial charge in [-0.15, -0.1) is 10.2 Å². The largest absolute Gasteiger partial charge is 0.466 e. The van der Waals surface area contributed by atoms with Gasteiger partial charge in [-0.2, -0.15) is 5.26 Å². The fourth-order valence-corrected chi connectivity index (χ4v) is 4.13. The average Bonchev–Trinajstić information content (AvgIpc) is 3.17. The van der Waals surface area contributed by atoms with Gasteiger partial charge in [0.15, 0.2) is 4.34 Å². The lowest BCUT2D eigenvalue weighted by atomic mass is 10.1. The third-order valence-electron chi connectivity index (χ3n) is 3.86. The van der Waals surface area contributed by atoms with Crippen LogP contribution in [0.5, 0.6) is 0 Å². The van der Waals surface area contributed by atoms with Gasteiger partial charge in [0, 0.05) is 11.3 Å². The van der Waals surface area contributed by atoms with Crippen LogP contribution in [0.25, 0.3) is 0 Å². The number of carbonyl (C=O) groups is 1. The summed E-state index contributed by atoms with van der Waals surface area (Å²) < 4.78 is 6.26. The van der Waals surface area contributed by atoms with Crippen LogP contribution in [-0.2, 0) is 5.75 Å².